The molecule has 2 N–H and O–H groups in total. The van der Waals surface area contributed by atoms with Gasteiger partial charge in [-0.1, -0.05) is 166 Å². The number of aromatic hydroxyl groups is 2. The van der Waals surface area contributed by atoms with Gasteiger partial charge in [-0.15, -0.1) is 0 Å². The molecule has 3 rings (SSSR count). The van der Waals surface area contributed by atoms with Crippen molar-refractivity contribution < 1.29 is 10.2 Å². The number of phenolic OH excluding ortho intramolecular Hbond substituents is 2. The molecule has 0 spiro atoms. The average molecular weight is 481 g/mol. The van der Waals surface area contributed by atoms with Crippen LogP contribution in [0.3, 0.4) is 0 Å². The highest BCUT2D eigenvalue weighted by Crippen LogP contribution is 2.22. The molecule has 0 unspecified atom stereocenters. The van der Waals surface area contributed by atoms with Crippen molar-refractivity contribution in [1.82, 2.24) is 0 Å². The Bertz CT molecular complexity index is 615. The summed E-state index contributed by atoms with van der Waals surface area (Å²) in [5, 5.41) is 20.0. The van der Waals surface area contributed by atoms with Crippen LogP contribution in [0.5, 0.6) is 11.5 Å². The molecule has 0 aliphatic rings. The Balaban J connectivity index is -0.0000000433. The van der Waals surface area contributed by atoms with Crippen LogP contribution in [-0.2, 0) is 0 Å². The van der Waals surface area contributed by atoms with Crippen LogP contribution in [0.4, 0.5) is 0 Å². The molecule has 0 aliphatic heterocycles. The lowest BCUT2D eigenvalue weighted by Crippen LogP contribution is -1.70. The smallest absolute Gasteiger partial charge is 0.123 e. The topological polar surface area (TPSA) is 40.5 Å². The van der Waals surface area contributed by atoms with Gasteiger partial charge in [0.1, 0.15) is 11.5 Å². The predicted octanol–water partition coefficient (Wildman–Crippen LogP) is 12.4. The Labute approximate surface area is 217 Å². The molecule has 0 atom stereocenters. The van der Waals surface area contributed by atoms with Gasteiger partial charge in [-0.25, -0.2) is 0 Å². The first-order valence-electron chi connectivity index (χ1n) is 12.7. The summed E-state index contributed by atoms with van der Waals surface area (Å²) >= 11 is 0. The minimum Gasteiger partial charge on any atom is -0.508 e. The summed E-state index contributed by atoms with van der Waals surface area (Å²) in [6.07, 6.45) is 0. The van der Waals surface area contributed by atoms with E-state index in [1.54, 1.807) is 30.3 Å². The van der Waals surface area contributed by atoms with E-state index in [4.69, 9.17) is 5.11 Å². The highest BCUT2D eigenvalue weighted by Gasteiger charge is 1.94. The summed E-state index contributed by atoms with van der Waals surface area (Å²) in [6, 6.07) is 22.0. The van der Waals surface area contributed by atoms with E-state index in [2.05, 4.69) is 0 Å². The zero-order chi connectivity index (χ0) is 26.8. The van der Waals surface area contributed by atoms with E-state index in [-0.39, 0.29) is 14.9 Å². The summed E-state index contributed by atoms with van der Waals surface area (Å²) in [5.74, 6) is 0.672. The van der Waals surface area contributed by atoms with Gasteiger partial charge >= 0.3 is 0 Å². The van der Waals surface area contributed by atoms with Crippen molar-refractivity contribution in [3.63, 3.8) is 0 Å². The Morgan fingerprint density at radius 1 is 0.382 bits per heavy atom. The van der Waals surface area contributed by atoms with Gasteiger partial charge in [-0.2, -0.15) is 0 Å². The molecule has 0 fully saturated rings. The molecule has 0 aliphatic carbocycles. The molecular weight excluding hydrogens is 416 g/mol. The molecular formula is C32H64O2. The third-order valence-electron chi connectivity index (χ3n) is 2.52. The van der Waals surface area contributed by atoms with Gasteiger partial charge in [0.15, 0.2) is 0 Å². The van der Waals surface area contributed by atoms with Crippen LogP contribution < -0.4 is 0 Å². The molecule has 0 saturated heterocycles. The molecule has 0 amide bonds. The summed E-state index contributed by atoms with van der Waals surface area (Å²) in [5.41, 5.74) is 0. The first-order chi connectivity index (χ1) is 15.8. The molecule has 204 valence electrons. The van der Waals surface area contributed by atoms with Crippen LogP contribution in [0.2, 0.25) is 0 Å². The van der Waals surface area contributed by atoms with Crippen molar-refractivity contribution in [2.75, 3.05) is 0 Å². The Kier molecular flexibility index (Phi) is 89.6. The van der Waals surface area contributed by atoms with E-state index in [0.717, 1.165) is 10.8 Å². The van der Waals surface area contributed by atoms with Crippen LogP contribution in [0.15, 0.2) is 72.8 Å². The first-order valence-corrected chi connectivity index (χ1v) is 12.7. The van der Waals surface area contributed by atoms with E-state index in [1.807, 2.05) is 139 Å². The second-order valence-corrected chi connectivity index (χ2v) is 3.83. The second kappa shape index (κ2) is 57.4. The van der Waals surface area contributed by atoms with Gasteiger partial charge in [-0.3, -0.25) is 0 Å². The van der Waals surface area contributed by atoms with Gasteiger partial charge in [0, 0.05) is 5.39 Å². The molecule has 3 aromatic rings. The second-order valence-electron chi connectivity index (χ2n) is 3.83. The number of fused-ring (bicyclic) bond motifs is 1. The maximum absolute atomic E-state index is 9.37. The van der Waals surface area contributed by atoms with Gasteiger partial charge in [0.05, 0.1) is 0 Å². The third kappa shape index (κ3) is 34.1. The van der Waals surface area contributed by atoms with Crippen molar-refractivity contribution in [2.45, 2.75) is 112 Å². The fourth-order valence-electron chi connectivity index (χ4n) is 1.64. The number of hydrogen-bond acceptors (Lipinski definition) is 2. The largest absolute Gasteiger partial charge is 0.508 e. The summed E-state index contributed by atoms with van der Waals surface area (Å²) < 4.78 is 0. The van der Waals surface area contributed by atoms with Gasteiger partial charge in [0.25, 0.3) is 0 Å². The SMILES string of the molecule is C.C.CC.CC.CC.CC.CC.CC.CC.Oc1cccc2ccccc12.Oc1ccccc1. The minimum absolute atomic E-state index is 0. The zero-order valence-corrected chi connectivity index (χ0v) is 23.8. The van der Waals surface area contributed by atoms with Crippen LogP contribution in [-0.4, -0.2) is 10.2 Å². The minimum atomic E-state index is 0. The summed E-state index contributed by atoms with van der Waals surface area (Å²) in [6.45, 7) is 28.0. The quantitative estimate of drug-likeness (QED) is 0.336. The molecule has 0 heterocycles. The molecule has 0 bridgehead atoms. The third-order valence-corrected chi connectivity index (χ3v) is 2.52. The average Bonchev–Trinajstić information content (AvgIpc) is 2.93. The van der Waals surface area contributed by atoms with Crippen LogP contribution in [0, 0.1) is 0 Å². The number of para-hydroxylation sites is 1. The number of hydrogen-bond donors (Lipinski definition) is 2. The maximum atomic E-state index is 9.37. The van der Waals surface area contributed by atoms with Gasteiger partial charge < -0.3 is 10.2 Å². The van der Waals surface area contributed by atoms with Crippen molar-refractivity contribution >= 4 is 10.8 Å². The maximum Gasteiger partial charge on any atom is 0.123 e. The van der Waals surface area contributed by atoms with Gasteiger partial charge in [0.2, 0.25) is 0 Å². The van der Waals surface area contributed by atoms with Crippen molar-refractivity contribution in [2.24, 2.45) is 0 Å². The Morgan fingerprint density at radius 2 is 0.706 bits per heavy atom. The van der Waals surface area contributed by atoms with Crippen LogP contribution in [0.25, 0.3) is 10.8 Å². The Morgan fingerprint density at radius 3 is 1.03 bits per heavy atom. The number of phenols is 2. The van der Waals surface area contributed by atoms with E-state index in [9.17, 15) is 5.11 Å². The molecule has 0 aromatic heterocycles. The molecule has 34 heavy (non-hydrogen) atoms. The van der Waals surface area contributed by atoms with Crippen molar-refractivity contribution in [1.29, 1.82) is 0 Å². The zero-order valence-electron chi connectivity index (χ0n) is 23.8. The molecule has 2 heteroatoms. The molecule has 0 saturated carbocycles. The van der Waals surface area contributed by atoms with Crippen LogP contribution >= 0.6 is 0 Å². The lowest BCUT2D eigenvalue weighted by molar-refractivity contribution is 0.475. The van der Waals surface area contributed by atoms with Gasteiger partial charge in [-0.05, 0) is 23.6 Å². The normalized spacial score (nSPS) is 6.29. The highest BCUT2D eigenvalue weighted by atomic mass is 16.3. The summed E-state index contributed by atoms with van der Waals surface area (Å²) in [7, 11) is 0. The van der Waals surface area contributed by atoms with Crippen molar-refractivity contribution in [3.05, 3.63) is 72.8 Å². The van der Waals surface area contributed by atoms with E-state index < -0.39 is 0 Å². The number of rotatable bonds is 0. The lowest BCUT2D eigenvalue weighted by atomic mass is 10.1. The standard InChI is InChI=1S/C10H8O.C6H6O.7C2H6.2CH4/c11-10-7-3-5-8-4-1-2-6-9(8)10;7-6-4-2-1-3-5-6;7*1-2;;/h1-7,11H;1-5,7H;7*1-2H3;2*1H4. The van der Waals surface area contributed by atoms with Crippen LogP contribution in [0.1, 0.15) is 112 Å². The molecule has 2 nitrogen and oxygen atoms in total. The fraction of sp³-hybridized carbons (Fsp3) is 0.500. The highest BCUT2D eigenvalue weighted by molar-refractivity contribution is 5.87. The first kappa shape index (κ1) is 53.1. The fourth-order valence-corrected chi connectivity index (χ4v) is 1.64. The van der Waals surface area contributed by atoms with E-state index >= 15 is 0 Å². The molecule has 3 aromatic carbocycles. The van der Waals surface area contributed by atoms with Crippen molar-refractivity contribution in [3.8, 4) is 11.5 Å². The van der Waals surface area contributed by atoms with E-state index in [0.29, 0.717) is 11.5 Å². The predicted molar refractivity (Wildman–Crippen MR) is 167 cm³/mol. The van der Waals surface area contributed by atoms with E-state index in [1.165, 1.54) is 0 Å². The lowest BCUT2D eigenvalue weighted by Gasteiger charge is -1.97. The monoisotopic (exact) mass is 480 g/mol. The molecule has 0 radical (unpaired) electrons. The number of benzene rings is 3. The summed E-state index contributed by atoms with van der Waals surface area (Å²) in [4.78, 5) is 0. The Hall–Kier alpha value is -2.48.